The lowest BCUT2D eigenvalue weighted by molar-refractivity contribution is -0.122. The van der Waals surface area contributed by atoms with Crippen LogP contribution >= 0.6 is 0 Å². The van der Waals surface area contributed by atoms with Crippen molar-refractivity contribution in [3.63, 3.8) is 0 Å². The van der Waals surface area contributed by atoms with Crippen molar-refractivity contribution in [3.05, 3.63) is 59.7 Å². The third-order valence-corrected chi connectivity index (χ3v) is 5.86. The molecule has 2 aromatic carbocycles. The highest BCUT2D eigenvalue weighted by Crippen LogP contribution is 2.41. The van der Waals surface area contributed by atoms with Gasteiger partial charge < -0.3 is 14.8 Å². The monoisotopic (exact) mass is 420 g/mol. The first-order valence-electron chi connectivity index (χ1n) is 10.1. The second-order valence-corrected chi connectivity index (χ2v) is 7.73. The molecule has 1 aliphatic carbocycles. The van der Waals surface area contributed by atoms with E-state index < -0.39 is 5.91 Å². The first-order valence-corrected chi connectivity index (χ1v) is 10.1. The number of allylic oxidation sites excluding steroid dienone is 2. The van der Waals surface area contributed by atoms with Gasteiger partial charge in [-0.15, -0.1) is 0 Å². The highest BCUT2D eigenvalue weighted by Gasteiger charge is 2.49. The first kappa shape index (κ1) is 20.7. The number of carbonyl (C=O) groups is 3. The third-order valence-electron chi connectivity index (χ3n) is 5.86. The van der Waals surface area contributed by atoms with Crippen molar-refractivity contribution in [2.24, 2.45) is 11.8 Å². The fourth-order valence-electron chi connectivity index (χ4n) is 4.31. The summed E-state index contributed by atoms with van der Waals surface area (Å²) in [4.78, 5) is 40.6. The molecule has 2 atom stereocenters. The normalized spacial score (nSPS) is 20.2. The minimum atomic E-state index is -0.452. The molecule has 1 fully saturated rings. The molecule has 0 unspecified atom stereocenters. The molecular weight excluding hydrogens is 396 g/mol. The Labute approximate surface area is 180 Å². The number of ether oxygens (including phenoxy) is 2. The van der Waals surface area contributed by atoms with Crippen LogP contribution in [0, 0.1) is 11.8 Å². The molecule has 1 saturated heterocycles. The van der Waals surface area contributed by atoms with Crippen LogP contribution in [0.15, 0.2) is 54.1 Å². The number of hydrogen-bond acceptors (Lipinski definition) is 5. The van der Waals surface area contributed by atoms with Crippen LogP contribution in [0.25, 0.3) is 0 Å². The Morgan fingerprint density at radius 1 is 1.00 bits per heavy atom. The number of methoxy groups -OCH3 is 2. The van der Waals surface area contributed by atoms with Crippen molar-refractivity contribution in [2.75, 3.05) is 24.4 Å². The minimum absolute atomic E-state index is 0.234. The number of imide groups is 1. The second-order valence-electron chi connectivity index (χ2n) is 7.73. The van der Waals surface area contributed by atoms with Crippen molar-refractivity contribution < 1.29 is 23.9 Å². The quantitative estimate of drug-likeness (QED) is 0.587. The van der Waals surface area contributed by atoms with E-state index in [1.807, 2.05) is 13.0 Å². The van der Waals surface area contributed by atoms with Gasteiger partial charge in [-0.05, 0) is 44.0 Å². The van der Waals surface area contributed by atoms with Crippen molar-refractivity contribution in [1.82, 2.24) is 0 Å². The number of amides is 3. The largest absolute Gasteiger partial charge is 0.493 e. The van der Waals surface area contributed by atoms with Gasteiger partial charge in [0.15, 0.2) is 11.5 Å². The van der Waals surface area contributed by atoms with Crippen LogP contribution in [0.1, 0.15) is 30.1 Å². The number of nitrogens with zero attached hydrogens (tertiary/aromatic N) is 1. The predicted octanol–water partition coefficient (Wildman–Crippen LogP) is 3.80. The standard InChI is InChI=1S/C24H24N2O5/c1-14-11-12-15-17(13-14)24(29)26(23(15)28)19-9-5-4-7-16(19)22(27)25-18-8-6-10-20(30-2)21(18)31-3/h4-11,15,17H,12-13H2,1-3H3,(H,25,27)/t15-,17+/m1/s1. The Morgan fingerprint density at radius 2 is 1.74 bits per heavy atom. The molecular formula is C24H24N2O5. The molecule has 1 heterocycles. The van der Waals surface area contributed by atoms with Crippen molar-refractivity contribution in [3.8, 4) is 11.5 Å². The number of carbonyl (C=O) groups excluding carboxylic acids is 3. The van der Waals surface area contributed by atoms with E-state index in [0.717, 1.165) is 5.57 Å². The molecule has 7 nitrogen and oxygen atoms in total. The number of nitrogens with one attached hydrogen (secondary N) is 1. The molecule has 4 rings (SSSR count). The smallest absolute Gasteiger partial charge is 0.257 e. The van der Waals surface area contributed by atoms with Gasteiger partial charge in [-0.25, -0.2) is 4.90 Å². The summed E-state index contributed by atoms with van der Waals surface area (Å²) in [5.74, 6) is -0.827. The van der Waals surface area contributed by atoms with Crippen LogP contribution in [-0.2, 0) is 9.59 Å². The highest BCUT2D eigenvalue weighted by molar-refractivity contribution is 6.25. The average Bonchev–Trinajstić information content (AvgIpc) is 3.02. The van der Waals surface area contributed by atoms with Crippen LogP contribution in [-0.4, -0.2) is 31.9 Å². The molecule has 0 bridgehead atoms. The van der Waals surface area contributed by atoms with Gasteiger partial charge in [0.25, 0.3) is 5.91 Å². The predicted molar refractivity (Wildman–Crippen MR) is 116 cm³/mol. The Hall–Kier alpha value is -3.61. The molecule has 7 heteroatoms. The lowest BCUT2D eigenvalue weighted by Crippen LogP contribution is -2.33. The van der Waals surface area contributed by atoms with Gasteiger partial charge in [-0.3, -0.25) is 14.4 Å². The molecule has 160 valence electrons. The van der Waals surface area contributed by atoms with E-state index in [1.165, 1.54) is 19.1 Å². The zero-order valence-corrected chi connectivity index (χ0v) is 17.7. The van der Waals surface area contributed by atoms with Gasteiger partial charge in [0, 0.05) is 0 Å². The Balaban J connectivity index is 1.67. The topological polar surface area (TPSA) is 84.9 Å². The van der Waals surface area contributed by atoms with Gasteiger partial charge >= 0.3 is 0 Å². The summed E-state index contributed by atoms with van der Waals surface area (Å²) in [6, 6.07) is 11.8. The van der Waals surface area contributed by atoms with E-state index >= 15 is 0 Å². The average molecular weight is 420 g/mol. The van der Waals surface area contributed by atoms with Gasteiger partial charge in [0.05, 0.1) is 43.0 Å². The van der Waals surface area contributed by atoms with Gasteiger partial charge in [0.2, 0.25) is 11.8 Å². The maximum Gasteiger partial charge on any atom is 0.257 e. The summed E-state index contributed by atoms with van der Waals surface area (Å²) in [5, 5.41) is 2.81. The summed E-state index contributed by atoms with van der Waals surface area (Å²) < 4.78 is 10.7. The van der Waals surface area contributed by atoms with Crippen LogP contribution in [0.4, 0.5) is 11.4 Å². The zero-order chi connectivity index (χ0) is 22.1. The molecule has 0 aromatic heterocycles. The van der Waals surface area contributed by atoms with Crippen LogP contribution < -0.4 is 19.7 Å². The van der Waals surface area contributed by atoms with E-state index in [9.17, 15) is 14.4 Å². The Morgan fingerprint density at radius 3 is 2.48 bits per heavy atom. The fraction of sp³-hybridized carbons (Fsp3) is 0.292. The van der Waals surface area contributed by atoms with E-state index in [2.05, 4.69) is 5.32 Å². The lowest BCUT2D eigenvalue weighted by atomic mass is 9.82. The first-order chi connectivity index (χ1) is 15.0. The Kier molecular flexibility index (Phi) is 5.50. The van der Waals surface area contributed by atoms with E-state index in [-0.39, 0.29) is 29.2 Å². The summed E-state index contributed by atoms with van der Waals surface area (Å²) in [6.07, 6.45) is 3.14. The number of anilines is 2. The van der Waals surface area contributed by atoms with E-state index in [4.69, 9.17) is 9.47 Å². The molecule has 1 N–H and O–H groups in total. The summed E-state index contributed by atoms with van der Waals surface area (Å²) in [5.41, 5.74) is 2.07. The molecule has 2 aliphatic rings. The molecule has 3 amide bonds. The lowest BCUT2D eigenvalue weighted by Gasteiger charge is -2.19. The van der Waals surface area contributed by atoms with Gasteiger partial charge in [-0.2, -0.15) is 0 Å². The number of hydrogen-bond donors (Lipinski definition) is 1. The molecule has 31 heavy (non-hydrogen) atoms. The molecule has 0 saturated carbocycles. The molecule has 0 spiro atoms. The fourth-order valence-corrected chi connectivity index (χ4v) is 4.31. The number of benzene rings is 2. The zero-order valence-electron chi connectivity index (χ0n) is 17.7. The molecule has 2 aromatic rings. The summed E-state index contributed by atoms with van der Waals surface area (Å²) in [7, 11) is 3.00. The summed E-state index contributed by atoms with van der Waals surface area (Å²) >= 11 is 0. The third kappa shape index (κ3) is 3.56. The van der Waals surface area contributed by atoms with Crippen molar-refractivity contribution in [1.29, 1.82) is 0 Å². The van der Waals surface area contributed by atoms with Crippen LogP contribution in [0.2, 0.25) is 0 Å². The Bertz CT molecular complexity index is 1090. The molecule has 1 aliphatic heterocycles. The maximum atomic E-state index is 13.2. The maximum absolute atomic E-state index is 13.2. The SMILES string of the molecule is COc1cccc(NC(=O)c2ccccc2N2C(=O)[C@H]3CC(C)=CC[C@H]3C2=O)c1OC. The minimum Gasteiger partial charge on any atom is -0.493 e. The van der Waals surface area contributed by atoms with E-state index in [0.29, 0.717) is 35.7 Å². The van der Waals surface area contributed by atoms with Gasteiger partial charge in [0.1, 0.15) is 0 Å². The summed E-state index contributed by atoms with van der Waals surface area (Å²) in [6.45, 7) is 1.97. The van der Waals surface area contributed by atoms with Crippen molar-refractivity contribution in [2.45, 2.75) is 19.8 Å². The van der Waals surface area contributed by atoms with E-state index in [1.54, 1.807) is 42.5 Å². The highest BCUT2D eigenvalue weighted by atomic mass is 16.5. The van der Waals surface area contributed by atoms with Crippen LogP contribution in [0.3, 0.4) is 0 Å². The number of fused-ring (bicyclic) bond motifs is 1. The number of para-hydroxylation sites is 2. The van der Waals surface area contributed by atoms with Crippen molar-refractivity contribution >= 4 is 29.1 Å². The van der Waals surface area contributed by atoms with Gasteiger partial charge in [-0.1, -0.05) is 29.8 Å². The second kappa shape index (κ2) is 8.26. The van der Waals surface area contributed by atoms with Crippen LogP contribution in [0.5, 0.6) is 11.5 Å². The molecule has 0 radical (unpaired) electrons. The number of rotatable bonds is 5.